The molecule has 1 heterocycles. The first-order chi connectivity index (χ1) is 7.07. The van der Waals surface area contributed by atoms with E-state index < -0.39 is 0 Å². The topological polar surface area (TPSA) is 32.7 Å². The Morgan fingerprint density at radius 1 is 1.40 bits per heavy atom. The van der Waals surface area contributed by atoms with Crippen LogP contribution in [0.1, 0.15) is 40.0 Å². The zero-order valence-corrected chi connectivity index (χ0v) is 10.3. The van der Waals surface area contributed by atoms with E-state index in [1.165, 1.54) is 0 Å². The Hall–Kier alpha value is -0.120. The summed E-state index contributed by atoms with van der Waals surface area (Å²) >= 11 is 0. The Morgan fingerprint density at radius 3 is 2.60 bits per heavy atom. The summed E-state index contributed by atoms with van der Waals surface area (Å²) in [5.74, 6) is 0. The van der Waals surface area contributed by atoms with Gasteiger partial charge < -0.3 is 9.84 Å². The summed E-state index contributed by atoms with van der Waals surface area (Å²) in [4.78, 5) is 2.30. The highest BCUT2D eigenvalue weighted by Gasteiger charge is 2.32. The molecule has 1 saturated heterocycles. The van der Waals surface area contributed by atoms with Crippen molar-refractivity contribution < 1.29 is 9.84 Å². The summed E-state index contributed by atoms with van der Waals surface area (Å²) < 4.78 is 5.95. The molecule has 0 bridgehead atoms. The van der Waals surface area contributed by atoms with Crippen molar-refractivity contribution in [2.45, 2.75) is 51.7 Å². The first-order valence-corrected chi connectivity index (χ1v) is 6.08. The van der Waals surface area contributed by atoms with Crippen molar-refractivity contribution in [3.05, 3.63) is 0 Å². The number of aliphatic hydroxyl groups excluding tert-OH is 1. The van der Waals surface area contributed by atoms with Crippen LogP contribution in [-0.2, 0) is 4.74 Å². The van der Waals surface area contributed by atoms with E-state index in [0.717, 1.165) is 38.9 Å². The summed E-state index contributed by atoms with van der Waals surface area (Å²) in [7, 11) is 0. The highest BCUT2D eigenvalue weighted by molar-refractivity contribution is 4.82. The molecule has 0 saturated carbocycles. The maximum absolute atomic E-state index is 8.96. The molecular weight excluding hydrogens is 190 g/mol. The van der Waals surface area contributed by atoms with Crippen LogP contribution in [0.15, 0.2) is 0 Å². The minimum atomic E-state index is 0.0573. The van der Waals surface area contributed by atoms with E-state index in [2.05, 4.69) is 25.7 Å². The van der Waals surface area contributed by atoms with Crippen molar-refractivity contribution in [2.24, 2.45) is 0 Å². The predicted octanol–water partition coefficient (Wildman–Crippen LogP) is 1.65. The van der Waals surface area contributed by atoms with E-state index in [4.69, 9.17) is 9.84 Å². The van der Waals surface area contributed by atoms with Gasteiger partial charge >= 0.3 is 0 Å². The summed E-state index contributed by atoms with van der Waals surface area (Å²) in [6.45, 7) is 9.53. The average Bonchev–Trinajstić information content (AvgIpc) is 2.46. The van der Waals surface area contributed by atoms with Gasteiger partial charge in [0, 0.05) is 13.1 Å². The molecule has 1 aliphatic heterocycles. The van der Waals surface area contributed by atoms with E-state index in [-0.39, 0.29) is 12.2 Å². The summed E-state index contributed by atoms with van der Waals surface area (Å²) in [5, 5.41) is 8.96. The van der Waals surface area contributed by atoms with Gasteiger partial charge in [-0.25, -0.2) is 0 Å². The van der Waals surface area contributed by atoms with E-state index >= 15 is 0 Å². The molecule has 15 heavy (non-hydrogen) atoms. The Labute approximate surface area is 93.4 Å². The molecule has 90 valence electrons. The molecule has 1 N–H and O–H groups in total. The van der Waals surface area contributed by atoms with Gasteiger partial charge in [-0.3, -0.25) is 4.90 Å². The average molecular weight is 215 g/mol. The molecular formula is C12H25NO2. The van der Waals surface area contributed by atoms with E-state index in [9.17, 15) is 0 Å². The van der Waals surface area contributed by atoms with Crippen LogP contribution < -0.4 is 0 Å². The van der Waals surface area contributed by atoms with Crippen LogP contribution in [0.5, 0.6) is 0 Å². The molecule has 0 aromatic rings. The van der Waals surface area contributed by atoms with Crippen molar-refractivity contribution >= 4 is 0 Å². The van der Waals surface area contributed by atoms with Crippen molar-refractivity contribution in [1.82, 2.24) is 4.90 Å². The number of hydrogen-bond donors (Lipinski definition) is 1. The van der Waals surface area contributed by atoms with Crippen LogP contribution in [0, 0.1) is 0 Å². The molecule has 3 heteroatoms. The third-order valence-corrected chi connectivity index (χ3v) is 2.97. The monoisotopic (exact) mass is 215 g/mol. The molecule has 1 unspecified atom stereocenters. The Bertz CT molecular complexity index is 176. The number of ether oxygens (including phenoxy) is 1. The largest absolute Gasteiger partial charge is 0.395 e. The van der Waals surface area contributed by atoms with Gasteiger partial charge in [-0.15, -0.1) is 0 Å². The van der Waals surface area contributed by atoms with Gasteiger partial charge in [-0.2, -0.15) is 0 Å². The fourth-order valence-corrected chi connectivity index (χ4v) is 2.25. The van der Waals surface area contributed by atoms with Crippen LogP contribution >= 0.6 is 0 Å². The minimum Gasteiger partial charge on any atom is -0.395 e. The molecule has 1 atom stereocenters. The Balaban J connectivity index is 2.32. The second-order valence-electron chi connectivity index (χ2n) is 5.06. The molecule has 1 rings (SSSR count). The smallest absolute Gasteiger partial charge is 0.0710 e. The van der Waals surface area contributed by atoms with Gasteiger partial charge in [-0.1, -0.05) is 6.92 Å². The molecule has 0 aliphatic carbocycles. The Kier molecular flexibility index (Phi) is 5.03. The first kappa shape index (κ1) is 12.9. The quantitative estimate of drug-likeness (QED) is 0.731. The summed E-state index contributed by atoms with van der Waals surface area (Å²) in [6.07, 6.45) is 3.80. The second-order valence-corrected chi connectivity index (χ2v) is 5.06. The lowest BCUT2D eigenvalue weighted by atomic mass is 10.1. The molecule has 1 fully saturated rings. The van der Waals surface area contributed by atoms with Gasteiger partial charge in [0.25, 0.3) is 0 Å². The highest BCUT2D eigenvalue weighted by atomic mass is 16.5. The van der Waals surface area contributed by atoms with Crippen LogP contribution in [0.4, 0.5) is 0 Å². The Morgan fingerprint density at radius 2 is 2.13 bits per heavy atom. The van der Waals surface area contributed by atoms with Gasteiger partial charge in [0.05, 0.1) is 18.3 Å². The lowest BCUT2D eigenvalue weighted by molar-refractivity contribution is -0.0298. The molecule has 0 aromatic carbocycles. The number of rotatable bonds is 6. The fourth-order valence-electron chi connectivity index (χ4n) is 2.25. The molecule has 0 radical (unpaired) electrons. The first-order valence-electron chi connectivity index (χ1n) is 6.08. The molecule has 0 aromatic heterocycles. The third-order valence-electron chi connectivity index (χ3n) is 2.97. The standard InChI is InChI=1S/C12H25NO2/c1-4-7-13(8-9-14)10-11-5-6-12(2,3)15-11/h11,14H,4-10H2,1-3H3. The van der Waals surface area contributed by atoms with Crippen LogP contribution in [0.3, 0.4) is 0 Å². The minimum absolute atomic E-state index is 0.0573. The van der Waals surface area contributed by atoms with E-state index in [1.807, 2.05) is 0 Å². The summed E-state index contributed by atoms with van der Waals surface area (Å²) in [6, 6.07) is 0. The molecule has 3 nitrogen and oxygen atoms in total. The number of nitrogens with zero attached hydrogens (tertiary/aromatic N) is 1. The molecule has 1 aliphatic rings. The third kappa shape index (κ3) is 4.49. The highest BCUT2D eigenvalue weighted by Crippen LogP contribution is 2.29. The van der Waals surface area contributed by atoms with Crippen molar-refractivity contribution in [2.75, 3.05) is 26.2 Å². The van der Waals surface area contributed by atoms with E-state index in [0.29, 0.717) is 6.10 Å². The maximum Gasteiger partial charge on any atom is 0.0710 e. The van der Waals surface area contributed by atoms with Gasteiger partial charge in [0.15, 0.2) is 0 Å². The van der Waals surface area contributed by atoms with Gasteiger partial charge in [-0.05, 0) is 39.7 Å². The molecule has 0 amide bonds. The zero-order valence-electron chi connectivity index (χ0n) is 10.3. The van der Waals surface area contributed by atoms with Crippen LogP contribution in [0.25, 0.3) is 0 Å². The van der Waals surface area contributed by atoms with Crippen LogP contribution in [-0.4, -0.2) is 48.0 Å². The van der Waals surface area contributed by atoms with Crippen LogP contribution in [0.2, 0.25) is 0 Å². The zero-order chi connectivity index (χ0) is 11.3. The number of hydrogen-bond acceptors (Lipinski definition) is 3. The molecule has 0 spiro atoms. The van der Waals surface area contributed by atoms with E-state index in [1.54, 1.807) is 0 Å². The normalized spacial score (nSPS) is 25.0. The lowest BCUT2D eigenvalue weighted by Gasteiger charge is -2.26. The predicted molar refractivity (Wildman–Crippen MR) is 62.0 cm³/mol. The SMILES string of the molecule is CCCN(CCO)CC1CCC(C)(C)O1. The lowest BCUT2D eigenvalue weighted by Crippen LogP contribution is -2.36. The fraction of sp³-hybridized carbons (Fsp3) is 1.00. The summed E-state index contributed by atoms with van der Waals surface area (Å²) in [5.41, 5.74) is 0.0573. The number of aliphatic hydroxyl groups is 1. The second kappa shape index (κ2) is 5.83. The van der Waals surface area contributed by atoms with Gasteiger partial charge in [0.1, 0.15) is 0 Å². The van der Waals surface area contributed by atoms with Crippen molar-refractivity contribution in [1.29, 1.82) is 0 Å². The van der Waals surface area contributed by atoms with Gasteiger partial charge in [0.2, 0.25) is 0 Å². The van der Waals surface area contributed by atoms with Crippen molar-refractivity contribution in [3.8, 4) is 0 Å². The van der Waals surface area contributed by atoms with Crippen molar-refractivity contribution in [3.63, 3.8) is 0 Å². The maximum atomic E-state index is 8.96.